The second-order valence-corrected chi connectivity index (χ2v) is 7.69. The molecule has 6 nitrogen and oxygen atoms in total. The van der Waals surface area contributed by atoms with Crippen LogP contribution in [0.25, 0.3) is 0 Å². The molecule has 0 unspecified atom stereocenters. The number of allylic oxidation sites excluding steroid dienone is 2. The number of carbonyl (C=O) groups excluding carboxylic acids is 2. The van der Waals surface area contributed by atoms with Crippen LogP contribution in [0, 0.1) is 0 Å². The highest BCUT2D eigenvalue weighted by atomic mass is 16.2. The second kappa shape index (κ2) is 11.8. The highest BCUT2D eigenvalue weighted by Crippen LogP contribution is 2.11. The molecule has 1 heterocycles. The van der Waals surface area contributed by atoms with Crippen molar-refractivity contribution in [3.05, 3.63) is 96.2 Å². The summed E-state index contributed by atoms with van der Waals surface area (Å²) in [6, 6.07) is 16.6. The van der Waals surface area contributed by atoms with Crippen LogP contribution >= 0.6 is 0 Å². The number of benzene rings is 2. The molecule has 0 aliphatic carbocycles. The normalized spacial score (nSPS) is 15.0. The van der Waals surface area contributed by atoms with E-state index in [1.165, 1.54) is 0 Å². The van der Waals surface area contributed by atoms with Crippen molar-refractivity contribution in [1.82, 2.24) is 15.1 Å². The number of hydrogen-bond donors (Lipinski definition) is 1. The van der Waals surface area contributed by atoms with Gasteiger partial charge < -0.3 is 10.2 Å². The van der Waals surface area contributed by atoms with Crippen LogP contribution in [0.4, 0.5) is 0 Å². The lowest BCUT2D eigenvalue weighted by atomic mass is 10.1. The van der Waals surface area contributed by atoms with E-state index in [2.05, 4.69) is 26.7 Å². The van der Waals surface area contributed by atoms with Gasteiger partial charge in [-0.25, -0.2) is 4.99 Å². The maximum atomic E-state index is 12.4. The Hall–Kier alpha value is -3.51. The van der Waals surface area contributed by atoms with Crippen LogP contribution in [-0.2, 0) is 6.54 Å². The summed E-state index contributed by atoms with van der Waals surface area (Å²) in [6.07, 6.45) is 5.31. The fourth-order valence-corrected chi connectivity index (χ4v) is 3.53. The molecule has 1 fully saturated rings. The highest BCUT2D eigenvalue weighted by molar-refractivity contribution is 6.02. The molecule has 0 atom stereocenters. The molecule has 0 saturated carbocycles. The SMILES string of the molecule is C=C/C=C\N=C(C)N1CCN(Cc2ccc(C(=O)NCC(=O)c3ccccc3)cc2)CC1. The van der Waals surface area contributed by atoms with Crippen molar-refractivity contribution < 1.29 is 9.59 Å². The third kappa shape index (κ3) is 6.75. The lowest BCUT2D eigenvalue weighted by Gasteiger charge is -2.35. The van der Waals surface area contributed by atoms with Crippen molar-refractivity contribution in [2.75, 3.05) is 32.7 Å². The van der Waals surface area contributed by atoms with Gasteiger partial charge in [0.15, 0.2) is 5.78 Å². The Bertz CT molecular complexity index is 973. The maximum absolute atomic E-state index is 12.4. The number of hydrogen-bond acceptors (Lipinski definition) is 4. The van der Waals surface area contributed by atoms with Crippen LogP contribution in [0.3, 0.4) is 0 Å². The van der Waals surface area contributed by atoms with E-state index < -0.39 is 0 Å². The zero-order chi connectivity index (χ0) is 22.8. The topological polar surface area (TPSA) is 65.0 Å². The summed E-state index contributed by atoms with van der Waals surface area (Å²) in [5, 5.41) is 2.71. The summed E-state index contributed by atoms with van der Waals surface area (Å²) >= 11 is 0. The van der Waals surface area contributed by atoms with Crippen molar-refractivity contribution in [3.8, 4) is 0 Å². The van der Waals surface area contributed by atoms with E-state index in [1.807, 2.05) is 55.5 Å². The molecule has 1 aliphatic heterocycles. The predicted octanol–water partition coefficient (Wildman–Crippen LogP) is 3.54. The lowest BCUT2D eigenvalue weighted by Crippen LogP contribution is -2.47. The van der Waals surface area contributed by atoms with E-state index in [0.717, 1.165) is 44.1 Å². The Morgan fingerprint density at radius 1 is 1.00 bits per heavy atom. The Balaban J connectivity index is 1.45. The van der Waals surface area contributed by atoms with Gasteiger partial charge in [0.05, 0.1) is 6.54 Å². The number of nitrogens with zero attached hydrogens (tertiary/aromatic N) is 3. The average molecular weight is 431 g/mol. The molecule has 6 heteroatoms. The van der Waals surface area contributed by atoms with Crippen LogP contribution in [0.5, 0.6) is 0 Å². The van der Waals surface area contributed by atoms with Crippen molar-refractivity contribution in [1.29, 1.82) is 0 Å². The molecule has 32 heavy (non-hydrogen) atoms. The third-order valence-electron chi connectivity index (χ3n) is 5.44. The third-order valence-corrected chi connectivity index (χ3v) is 5.44. The molecule has 2 aromatic rings. The molecule has 0 bridgehead atoms. The number of amides is 1. The van der Waals surface area contributed by atoms with Gasteiger partial charge in [-0.15, -0.1) is 0 Å². The molecule has 166 valence electrons. The first-order valence-electron chi connectivity index (χ1n) is 10.8. The van der Waals surface area contributed by atoms with Gasteiger partial charge in [-0.05, 0) is 30.7 Å². The van der Waals surface area contributed by atoms with Crippen molar-refractivity contribution >= 4 is 17.5 Å². The molecular formula is C26H30N4O2. The van der Waals surface area contributed by atoms with Gasteiger partial charge in [0.1, 0.15) is 5.84 Å². The molecule has 1 amide bonds. The summed E-state index contributed by atoms with van der Waals surface area (Å²) in [7, 11) is 0. The number of ketones is 1. The molecule has 2 aromatic carbocycles. The van der Waals surface area contributed by atoms with Gasteiger partial charge in [0, 0.05) is 50.1 Å². The summed E-state index contributed by atoms with van der Waals surface area (Å²) < 4.78 is 0. The van der Waals surface area contributed by atoms with Crippen molar-refractivity contribution in [3.63, 3.8) is 0 Å². The first-order valence-corrected chi connectivity index (χ1v) is 10.8. The molecule has 1 N–H and O–H groups in total. The Labute approximate surface area is 190 Å². The van der Waals surface area contributed by atoms with Crippen LogP contribution in [0.2, 0.25) is 0 Å². The number of piperazine rings is 1. The van der Waals surface area contributed by atoms with Gasteiger partial charge in [-0.2, -0.15) is 0 Å². The Morgan fingerprint density at radius 3 is 2.34 bits per heavy atom. The molecule has 1 aliphatic rings. The highest BCUT2D eigenvalue weighted by Gasteiger charge is 2.18. The largest absolute Gasteiger partial charge is 0.358 e. The number of rotatable bonds is 8. The summed E-state index contributed by atoms with van der Waals surface area (Å²) in [6.45, 7) is 10.3. The molecule has 3 rings (SSSR count). The zero-order valence-corrected chi connectivity index (χ0v) is 18.5. The fraction of sp³-hybridized carbons (Fsp3) is 0.269. The number of carbonyl (C=O) groups is 2. The maximum Gasteiger partial charge on any atom is 0.251 e. The number of aliphatic imine (C=N–C) groups is 1. The van der Waals surface area contributed by atoms with Crippen LogP contribution < -0.4 is 5.32 Å². The first-order chi connectivity index (χ1) is 15.6. The molecular weight excluding hydrogens is 400 g/mol. The summed E-state index contributed by atoms with van der Waals surface area (Å²) in [5.41, 5.74) is 2.31. The van der Waals surface area contributed by atoms with Gasteiger partial charge in [-0.1, -0.05) is 55.1 Å². The number of Topliss-reactive ketones (excluding diaryl/α,β-unsaturated/α-hetero) is 1. The van der Waals surface area contributed by atoms with Gasteiger partial charge >= 0.3 is 0 Å². The molecule has 1 saturated heterocycles. The van der Waals surface area contributed by atoms with E-state index in [0.29, 0.717) is 11.1 Å². The van der Waals surface area contributed by atoms with E-state index in [-0.39, 0.29) is 18.2 Å². The van der Waals surface area contributed by atoms with Crippen LogP contribution in [-0.4, -0.2) is 60.0 Å². The van der Waals surface area contributed by atoms with Crippen molar-refractivity contribution in [2.24, 2.45) is 4.99 Å². The average Bonchev–Trinajstić information content (AvgIpc) is 2.84. The Kier molecular flexibility index (Phi) is 8.52. The monoisotopic (exact) mass is 430 g/mol. The van der Waals surface area contributed by atoms with Crippen LogP contribution in [0.15, 0.2) is 84.5 Å². The molecule has 0 radical (unpaired) electrons. The van der Waals surface area contributed by atoms with E-state index in [1.54, 1.807) is 24.4 Å². The fourth-order valence-electron chi connectivity index (χ4n) is 3.53. The van der Waals surface area contributed by atoms with Gasteiger partial charge in [0.2, 0.25) is 0 Å². The van der Waals surface area contributed by atoms with Gasteiger partial charge in [-0.3, -0.25) is 14.5 Å². The quantitative estimate of drug-likeness (QED) is 0.301. The lowest BCUT2D eigenvalue weighted by molar-refractivity contribution is 0.0904. The predicted molar refractivity (Wildman–Crippen MR) is 129 cm³/mol. The van der Waals surface area contributed by atoms with Crippen LogP contribution in [0.1, 0.15) is 33.2 Å². The molecule has 0 spiro atoms. The minimum atomic E-state index is -0.241. The molecule has 0 aromatic heterocycles. The number of amidine groups is 1. The minimum Gasteiger partial charge on any atom is -0.358 e. The first kappa shape index (κ1) is 23.2. The minimum absolute atomic E-state index is 0.0129. The zero-order valence-electron chi connectivity index (χ0n) is 18.5. The smallest absolute Gasteiger partial charge is 0.251 e. The number of nitrogens with one attached hydrogen (secondary N) is 1. The van der Waals surface area contributed by atoms with Crippen molar-refractivity contribution in [2.45, 2.75) is 13.5 Å². The van der Waals surface area contributed by atoms with E-state index >= 15 is 0 Å². The second-order valence-electron chi connectivity index (χ2n) is 7.69. The summed E-state index contributed by atoms with van der Waals surface area (Å²) in [5.74, 6) is 0.672. The van der Waals surface area contributed by atoms with Gasteiger partial charge in [0.25, 0.3) is 5.91 Å². The Morgan fingerprint density at radius 2 is 1.69 bits per heavy atom. The van der Waals surface area contributed by atoms with E-state index in [4.69, 9.17) is 0 Å². The van der Waals surface area contributed by atoms with E-state index in [9.17, 15) is 9.59 Å². The standard InChI is InChI=1S/C26H30N4O2/c1-3-4-14-27-21(2)30-17-15-29(16-18-30)20-22-10-12-24(13-11-22)26(32)28-19-25(31)23-8-6-5-7-9-23/h3-14H,1,15-20H2,2H3,(H,28,32)/b14-4-,27-21?. The summed E-state index contributed by atoms with van der Waals surface area (Å²) in [4.78, 5) is 33.6.